The molecule has 0 bridgehead atoms. The van der Waals surface area contributed by atoms with E-state index in [2.05, 4.69) is 4.98 Å². The largest absolute Gasteiger partial charge is 0.443 e. The van der Waals surface area contributed by atoms with Crippen LogP contribution in [0.3, 0.4) is 0 Å². The second kappa shape index (κ2) is 5.88. The summed E-state index contributed by atoms with van der Waals surface area (Å²) in [5, 5.41) is 0.433. The molecule has 6 nitrogen and oxygen atoms in total. The summed E-state index contributed by atoms with van der Waals surface area (Å²) in [4.78, 5) is 28.8. The summed E-state index contributed by atoms with van der Waals surface area (Å²) in [6.07, 6.45) is 0. The number of ether oxygens (including phenoxy) is 1. The fourth-order valence-corrected chi connectivity index (χ4v) is 1.98. The molecule has 0 atom stereocenters. The van der Waals surface area contributed by atoms with Gasteiger partial charge in [-0.1, -0.05) is 6.07 Å². The van der Waals surface area contributed by atoms with Crippen molar-refractivity contribution in [3.05, 3.63) is 39.9 Å². The molecule has 1 aromatic carbocycles. The highest BCUT2D eigenvalue weighted by atomic mass is 16.5. The summed E-state index contributed by atoms with van der Waals surface area (Å²) in [5.74, 6) is 0.108. The quantitative estimate of drug-likeness (QED) is 0.812. The minimum atomic E-state index is -0.625. The number of carbonyl (C=O) groups excluding carboxylic acids is 1. The van der Waals surface area contributed by atoms with E-state index >= 15 is 0 Å². The lowest BCUT2D eigenvalue weighted by atomic mass is 9.98. The highest BCUT2D eigenvalue weighted by molar-refractivity contribution is 5.78. The fourth-order valence-electron chi connectivity index (χ4n) is 1.98. The van der Waals surface area contributed by atoms with Gasteiger partial charge < -0.3 is 4.74 Å². The van der Waals surface area contributed by atoms with E-state index in [-0.39, 0.29) is 24.8 Å². The minimum Gasteiger partial charge on any atom is -0.443 e. The van der Waals surface area contributed by atoms with Crippen LogP contribution in [0.4, 0.5) is 0 Å². The molecular weight excluding hydrogens is 282 g/mol. The summed E-state index contributed by atoms with van der Waals surface area (Å²) in [5.41, 5.74) is 7.83. The summed E-state index contributed by atoms with van der Waals surface area (Å²) in [6, 6.07) is 5.18. The summed E-state index contributed by atoms with van der Waals surface area (Å²) in [7, 11) is 0. The van der Waals surface area contributed by atoms with Crippen LogP contribution in [0.2, 0.25) is 0 Å². The maximum Gasteiger partial charge on any atom is 0.312 e. The van der Waals surface area contributed by atoms with E-state index in [0.29, 0.717) is 16.7 Å². The molecule has 6 heteroatoms. The number of hydrogen-bond acceptors (Lipinski definition) is 4. The van der Waals surface area contributed by atoms with Gasteiger partial charge in [0.15, 0.2) is 6.73 Å². The Morgan fingerprint density at radius 3 is 2.64 bits per heavy atom. The van der Waals surface area contributed by atoms with Gasteiger partial charge in [0.25, 0.3) is 5.56 Å². The third kappa shape index (κ3) is 3.17. The van der Waals surface area contributed by atoms with Crippen LogP contribution in [0, 0.1) is 12.3 Å². The molecule has 0 unspecified atom stereocenters. The van der Waals surface area contributed by atoms with Crippen LogP contribution in [-0.2, 0) is 22.8 Å². The molecule has 1 N–H and O–H groups in total. The van der Waals surface area contributed by atoms with Gasteiger partial charge in [0.1, 0.15) is 5.82 Å². The first kappa shape index (κ1) is 16.2. The lowest BCUT2D eigenvalue weighted by Crippen LogP contribution is -2.29. The molecule has 117 valence electrons. The van der Waals surface area contributed by atoms with E-state index in [4.69, 9.17) is 10.5 Å². The summed E-state index contributed by atoms with van der Waals surface area (Å²) < 4.78 is 6.54. The smallest absolute Gasteiger partial charge is 0.312 e. The number of nitrogens with one attached hydrogen (secondary N) is 1. The Balaban J connectivity index is 2.42. The third-order valence-electron chi connectivity index (χ3n) is 3.35. The van der Waals surface area contributed by atoms with E-state index < -0.39 is 5.41 Å². The topological polar surface area (TPSA) is 85.0 Å². The molecular formula is C16H20N3O3. The normalized spacial score (nSPS) is 11.7. The first-order chi connectivity index (χ1) is 10.2. The Bertz CT molecular complexity index is 773. The van der Waals surface area contributed by atoms with Crippen LogP contribution < -0.4 is 11.3 Å². The van der Waals surface area contributed by atoms with E-state index in [1.807, 2.05) is 0 Å². The molecule has 22 heavy (non-hydrogen) atoms. The molecule has 2 rings (SSSR count). The maximum atomic E-state index is 12.6. The van der Waals surface area contributed by atoms with Crippen molar-refractivity contribution in [2.24, 2.45) is 5.41 Å². The van der Waals surface area contributed by atoms with Crippen LogP contribution in [0.1, 0.15) is 32.2 Å². The lowest BCUT2D eigenvalue weighted by Gasteiger charge is -2.18. The van der Waals surface area contributed by atoms with E-state index in [0.717, 1.165) is 5.56 Å². The standard InChI is InChI=1S/C16H20N3O3/c1-10-18-13-6-5-11(8-17)7-12(13)14(20)19(10)9-22-15(21)16(2,3)4/h5-7,17H,8-9H2,1-4H3. The molecule has 1 aromatic heterocycles. The van der Waals surface area contributed by atoms with Crippen molar-refractivity contribution in [1.82, 2.24) is 15.3 Å². The number of esters is 1. The predicted molar refractivity (Wildman–Crippen MR) is 83.1 cm³/mol. The van der Waals surface area contributed by atoms with Gasteiger partial charge in [-0.3, -0.25) is 19.9 Å². The van der Waals surface area contributed by atoms with Crippen LogP contribution in [0.25, 0.3) is 10.9 Å². The van der Waals surface area contributed by atoms with E-state index in [1.54, 1.807) is 45.9 Å². The van der Waals surface area contributed by atoms with Crippen molar-refractivity contribution in [3.8, 4) is 0 Å². The van der Waals surface area contributed by atoms with Gasteiger partial charge in [0.05, 0.1) is 16.3 Å². The number of aryl methyl sites for hydroxylation is 1. The number of aromatic nitrogens is 2. The second-order valence-electron chi connectivity index (χ2n) is 6.23. The first-order valence-corrected chi connectivity index (χ1v) is 7.06. The van der Waals surface area contributed by atoms with Crippen LogP contribution in [0.5, 0.6) is 0 Å². The number of carbonyl (C=O) groups is 1. The molecule has 0 amide bonds. The number of nitrogens with zero attached hydrogens (tertiary/aromatic N) is 2. The monoisotopic (exact) mass is 302 g/mol. The molecule has 0 saturated carbocycles. The van der Waals surface area contributed by atoms with Crippen LogP contribution in [0.15, 0.2) is 23.0 Å². The molecule has 0 aliphatic heterocycles. The van der Waals surface area contributed by atoms with Crippen LogP contribution in [-0.4, -0.2) is 15.5 Å². The molecule has 0 aliphatic carbocycles. The number of hydrogen-bond donors (Lipinski definition) is 0. The minimum absolute atomic E-state index is 0.0995. The Hall–Kier alpha value is -2.21. The number of benzene rings is 1. The molecule has 0 aliphatic rings. The molecule has 1 heterocycles. The van der Waals surface area contributed by atoms with Gasteiger partial charge in [-0.25, -0.2) is 4.98 Å². The molecule has 0 spiro atoms. The van der Waals surface area contributed by atoms with Gasteiger partial charge in [0.2, 0.25) is 0 Å². The fraction of sp³-hybridized carbons (Fsp3) is 0.438. The summed E-state index contributed by atoms with van der Waals surface area (Å²) >= 11 is 0. The first-order valence-electron chi connectivity index (χ1n) is 7.06. The predicted octanol–water partition coefficient (Wildman–Crippen LogP) is 2.03. The second-order valence-corrected chi connectivity index (χ2v) is 6.23. The number of fused-ring (bicyclic) bond motifs is 1. The van der Waals surface area contributed by atoms with Crippen molar-refractivity contribution in [2.75, 3.05) is 0 Å². The van der Waals surface area contributed by atoms with Crippen LogP contribution >= 0.6 is 0 Å². The highest BCUT2D eigenvalue weighted by Gasteiger charge is 2.23. The summed E-state index contributed by atoms with van der Waals surface area (Å²) in [6.45, 7) is 6.90. The zero-order chi connectivity index (χ0) is 16.5. The van der Waals surface area contributed by atoms with Crippen molar-refractivity contribution >= 4 is 16.9 Å². The van der Waals surface area contributed by atoms with Gasteiger partial charge in [-0.2, -0.15) is 0 Å². The molecule has 2 aromatic rings. The average molecular weight is 302 g/mol. The third-order valence-corrected chi connectivity index (χ3v) is 3.35. The van der Waals surface area contributed by atoms with Crippen molar-refractivity contribution in [3.63, 3.8) is 0 Å². The average Bonchev–Trinajstić information content (AvgIpc) is 2.45. The maximum absolute atomic E-state index is 12.6. The Kier molecular flexibility index (Phi) is 4.32. The highest BCUT2D eigenvalue weighted by Crippen LogP contribution is 2.16. The van der Waals surface area contributed by atoms with E-state index in [9.17, 15) is 9.59 Å². The number of rotatable bonds is 3. The van der Waals surface area contributed by atoms with E-state index in [1.165, 1.54) is 4.57 Å². The SMILES string of the molecule is Cc1nc2ccc(C[NH])cc2c(=O)n1COC(=O)C(C)(C)C. The Labute approximate surface area is 128 Å². The van der Waals surface area contributed by atoms with Crippen molar-refractivity contribution in [2.45, 2.75) is 41.0 Å². The molecule has 0 saturated heterocycles. The zero-order valence-corrected chi connectivity index (χ0v) is 13.3. The van der Waals surface area contributed by atoms with Crippen molar-refractivity contribution < 1.29 is 9.53 Å². The lowest BCUT2D eigenvalue weighted by molar-refractivity contribution is -0.157. The van der Waals surface area contributed by atoms with Crippen molar-refractivity contribution in [1.29, 1.82) is 0 Å². The Morgan fingerprint density at radius 2 is 2.05 bits per heavy atom. The Morgan fingerprint density at radius 1 is 1.36 bits per heavy atom. The van der Waals surface area contributed by atoms with Gasteiger partial charge in [-0.15, -0.1) is 0 Å². The molecule has 1 radical (unpaired) electrons. The van der Waals surface area contributed by atoms with Gasteiger partial charge >= 0.3 is 5.97 Å². The molecule has 0 fully saturated rings. The van der Waals surface area contributed by atoms with Gasteiger partial charge in [-0.05, 0) is 45.4 Å². The zero-order valence-electron chi connectivity index (χ0n) is 13.3. The van der Waals surface area contributed by atoms with Gasteiger partial charge in [0, 0.05) is 6.54 Å².